The van der Waals surface area contributed by atoms with Gasteiger partial charge in [0.15, 0.2) is 0 Å². The Morgan fingerprint density at radius 3 is 2.91 bits per heavy atom. The average Bonchev–Trinajstić information content (AvgIpc) is 3.28. The molecule has 0 aliphatic heterocycles. The summed E-state index contributed by atoms with van der Waals surface area (Å²) in [6, 6.07) is 10.3. The van der Waals surface area contributed by atoms with Crippen molar-refractivity contribution >= 4 is 27.5 Å². The van der Waals surface area contributed by atoms with Crippen molar-refractivity contribution in [3.63, 3.8) is 0 Å². The predicted octanol–water partition coefficient (Wildman–Crippen LogP) is 2.54. The standard InChI is InChI=1S/C17H20N4OS/c1-17(11-18,12-7-8-12)20-15(22)9-21(2)10-16-19-13-5-3-4-6-14(13)23-16/h3-6,12H,7-10H2,1-2H3,(H,20,22). The molecule has 1 aromatic carbocycles. The number of hydrogen-bond acceptors (Lipinski definition) is 5. The molecule has 0 saturated heterocycles. The first-order valence-corrected chi connectivity index (χ1v) is 8.57. The summed E-state index contributed by atoms with van der Waals surface area (Å²) >= 11 is 1.65. The van der Waals surface area contributed by atoms with E-state index in [0.717, 1.165) is 28.1 Å². The van der Waals surface area contributed by atoms with E-state index in [4.69, 9.17) is 0 Å². The number of amides is 1. The zero-order valence-electron chi connectivity index (χ0n) is 13.4. The Morgan fingerprint density at radius 2 is 2.26 bits per heavy atom. The normalized spacial score (nSPS) is 17.0. The lowest BCUT2D eigenvalue weighted by Crippen LogP contribution is -2.49. The van der Waals surface area contributed by atoms with Gasteiger partial charge in [0.2, 0.25) is 5.91 Å². The highest BCUT2D eigenvalue weighted by atomic mass is 32.1. The van der Waals surface area contributed by atoms with Crippen LogP contribution in [0.2, 0.25) is 0 Å². The summed E-state index contributed by atoms with van der Waals surface area (Å²) in [4.78, 5) is 18.7. The van der Waals surface area contributed by atoms with Crippen molar-refractivity contribution in [2.24, 2.45) is 5.92 Å². The number of para-hydroxylation sites is 1. The van der Waals surface area contributed by atoms with Crippen molar-refractivity contribution in [1.29, 1.82) is 5.26 Å². The van der Waals surface area contributed by atoms with Crippen LogP contribution in [0.1, 0.15) is 24.8 Å². The third kappa shape index (κ3) is 3.69. The molecule has 0 spiro atoms. The molecule has 1 aliphatic rings. The van der Waals surface area contributed by atoms with E-state index < -0.39 is 5.54 Å². The van der Waals surface area contributed by atoms with Crippen LogP contribution in [0, 0.1) is 17.2 Å². The molecule has 1 aromatic heterocycles. The quantitative estimate of drug-likeness (QED) is 0.885. The van der Waals surface area contributed by atoms with E-state index in [0.29, 0.717) is 12.5 Å². The molecule has 1 unspecified atom stereocenters. The number of nitrogens with zero attached hydrogens (tertiary/aromatic N) is 3. The van der Waals surface area contributed by atoms with Crippen LogP contribution in [0.25, 0.3) is 10.2 Å². The molecule has 1 amide bonds. The number of carbonyl (C=O) groups is 1. The molecule has 2 aromatic rings. The Labute approximate surface area is 139 Å². The van der Waals surface area contributed by atoms with Gasteiger partial charge in [-0.05, 0) is 44.9 Å². The fourth-order valence-corrected chi connectivity index (χ4v) is 3.78. The summed E-state index contributed by atoms with van der Waals surface area (Å²) < 4.78 is 1.16. The number of aromatic nitrogens is 1. The van der Waals surface area contributed by atoms with Crippen molar-refractivity contribution < 1.29 is 4.79 Å². The summed E-state index contributed by atoms with van der Waals surface area (Å²) in [5, 5.41) is 13.2. The topological polar surface area (TPSA) is 69.0 Å². The first-order valence-electron chi connectivity index (χ1n) is 7.75. The summed E-state index contributed by atoms with van der Waals surface area (Å²) in [5.74, 6) is 0.190. The van der Waals surface area contributed by atoms with Gasteiger partial charge < -0.3 is 5.32 Å². The minimum Gasteiger partial charge on any atom is -0.337 e. The SMILES string of the molecule is CN(CC(=O)NC(C)(C#N)C1CC1)Cc1nc2ccccc2s1. The molecule has 1 fully saturated rings. The highest BCUT2D eigenvalue weighted by Crippen LogP contribution is 2.39. The molecule has 3 rings (SSSR count). The zero-order chi connectivity index (χ0) is 16.4. The first-order chi connectivity index (χ1) is 11.0. The number of hydrogen-bond donors (Lipinski definition) is 1. The van der Waals surface area contributed by atoms with Crippen LogP contribution in [0.15, 0.2) is 24.3 Å². The number of benzene rings is 1. The van der Waals surface area contributed by atoms with Crippen LogP contribution in [0.3, 0.4) is 0 Å². The second-order valence-corrected chi connectivity index (χ2v) is 7.50. The molecule has 23 heavy (non-hydrogen) atoms. The van der Waals surface area contributed by atoms with Gasteiger partial charge in [-0.1, -0.05) is 12.1 Å². The number of likely N-dealkylation sites (N-methyl/N-ethyl adjacent to an activating group) is 1. The monoisotopic (exact) mass is 328 g/mol. The Hall–Kier alpha value is -1.97. The molecule has 5 nitrogen and oxygen atoms in total. The van der Waals surface area contributed by atoms with E-state index in [2.05, 4.69) is 22.4 Å². The van der Waals surface area contributed by atoms with Crippen molar-refractivity contribution in [3.05, 3.63) is 29.3 Å². The third-order valence-electron chi connectivity index (χ3n) is 4.18. The minimum absolute atomic E-state index is 0.107. The molecule has 0 radical (unpaired) electrons. The van der Waals surface area contributed by atoms with Crippen molar-refractivity contribution in [1.82, 2.24) is 15.2 Å². The first kappa shape index (κ1) is 15.9. The molecule has 6 heteroatoms. The van der Waals surface area contributed by atoms with Crippen LogP contribution in [0.4, 0.5) is 0 Å². The third-order valence-corrected chi connectivity index (χ3v) is 5.20. The van der Waals surface area contributed by atoms with Crippen molar-refractivity contribution in [2.75, 3.05) is 13.6 Å². The second kappa shape index (κ2) is 6.26. The highest BCUT2D eigenvalue weighted by Gasteiger charge is 2.43. The molecular formula is C17H20N4OS. The number of fused-ring (bicyclic) bond motifs is 1. The fraction of sp³-hybridized carbons (Fsp3) is 0.471. The van der Waals surface area contributed by atoms with E-state index in [1.54, 1.807) is 11.3 Å². The van der Waals surface area contributed by atoms with Crippen molar-refractivity contribution in [2.45, 2.75) is 31.8 Å². The second-order valence-electron chi connectivity index (χ2n) is 6.38. The van der Waals surface area contributed by atoms with Crippen molar-refractivity contribution in [3.8, 4) is 6.07 Å². The Morgan fingerprint density at radius 1 is 1.52 bits per heavy atom. The van der Waals surface area contributed by atoms with Gasteiger partial charge in [-0.3, -0.25) is 9.69 Å². The summed E-state index contributed by atoms with van der Waals surface area (Å²) in [7, 11) is 1.90. The maximum absolute atomic E-state index is 12.2. The molecule has 120 valence electrons. The number of carbonyl (C=O) groups excluding carboxylic acids is 1. The van der Waals surface area contributed by atoms with Gasteiger partial charge >= 0.3 is 0 Å². The van der Waals surface area contributed by atoms with Gasteiger partial charge in [0.25, 0.3) is 0 Å². The molecule has 1 atom stereocenters. The largest absolute Gasteiger partial charge is 0.337 e. The maximum atomic E-state index is 12.2. The molecule has 1 N–H and O–H groups in total. The zero-order valence-corrected chi connectivity index (χ0v) is 14.2. The minimum atomic E-state index is -0.728. The van der Waals surface area contributed by atoms with E-state index in [1.165, 1.54) is 0 Å². The van der Waals surface area contributed by atoms with Crippen LogP contribution in [-0.2, 0) is 11.3 Å². The van der Waals surface area contributed by atoms with Crippen LogP contribution < -0.4 is 5.32 Å². The fourth-order valence-electron chi connectivity index (χ4n) is 2.73. The Kier molecular flexibility index (Phi) is 4.33. The molecule has 1 saturated carbocycles. The lowest BCUT2D eigenvalue weighted by molar-refractivity contribution is -0.123. The molecule has 1 heterocycles. The van der Waals surface area contributed by atoms with Crippen LogP contribution >= 0.6 is 11.3 Å². The number of rotatable bonds is 6. The summed E-state index contributed by atoms with van der Waals surface area (Å²) in [6.45, 7) is 2.70. The molecular weight excluding hydrogens is 308 g/mol. The molecule has 0 bridgehead atoms. The number of thiazole rings is 1. The van der Waals surface area contributed by atoms with Gasteiger partial charge in [0.1, 0.15) is 10.5 Å². The van der Waals surface area contributed by atoms with E-state index in [-0.39, 0.29) is 12.5 Å². The highest BCUT2D eigenvalue weighted by molar-refractivity contribution is 7.18. The maximum Gasteiger partial charge on any atom is 0.235 e. The van der Waals surface area contributed by atoms with Gasteiger partial charge in [-0.15, -0.1) is 11.3 Å². The predicted molar refractivity (Wildman–Crippen MR) is 90.8 cm³/mol. The van der Waals surface area contributed by atoms with Crippen LogP contribution in [0.5, 0.6) is 0 Å². The van der Waals surface area contributed by atoms with Gasteiger partial charge in [-0.2, -0.15) is 5.26 Å². The van der Waals surface area contributed by atoms with E-state index >= 15 is 0 Å². The smallest absolute Gasteiger partial charge is 0.235 e. The Balaban J connectivity index is 1.57. The number of nitrogens with one attached hydrogen (secondary N) is 1. The van der Waals surface area contributed by atoms with E-state index in [1.807, 2.05) is 37.1 Å². The van der Waals surface area contributed by atoms with Crippen LogP contribution in [-0.4, -0.2) is 34.9 Å². The van der Waals surface area contributed by atoms with E-state index in [9.17, 15) is 10.1 Å². The lowest BCUT2D eigenvalue weighted by Gasteiger charge is -2.24. The average molecular weight is 328 g/mol. The van der Waals surface area contributed by atoms with Gasteiger partial charge in [-0.25, -0.2) is 4.98 Å². The number of nitriles is 1. The summed E-state index contributed by atoms with van der Waals surface area (Å²) in [6.07, 6.45) is 2.04. The Bertz CT molecular complexity index is 728. The van der Waals surface area contributed by atoms with Gasteiger partial charge in [0.05, 0.1) is 29.4 Å². The van der Waals surface area contributed by atoms with Gasteiger partial charge in [0, 0.05) is 0 Å². The summed E-state index contributed by atoms with van der Waals surface area (Å²) in [5.41, 5.74) is 0.268. The lowest BCUT2D eigenvalue weighted by atomic mass is 9.98. The molecule has 1 aliphatic carbocycles.